The van der Waals surface area contributed by atoms with Crippen molar-refractivity contribution in [3.05, 3.63) is 324 Å². The monoisotopic (exact) mass is 1140 g/mol. The van der Waals surface area contributed by atoms with Crippen LogP contribution in [0.5, 0.6) is 0 Å². The van der Waals surface area contributed by atoms with E-state index in [2.05, 4.69) is 316 Å². The van der Waals surface area contributed by atoms with Gasteiger partial charge in [0.05, 0.1) is 27.8 Å². The maximum Gasteiger partial charge on any atom is 0.175 e. The number of hydrogen-bond donors (Lipinski definition) is 0. The van der Waals surface area contributed by atoms with Gasteiger partial charge in [-0.25, -0.2) is 0 Å². The number of benzene rings is 13. The highest BCUT2D eigenvalue weighted by molar-refractivity contribution is 6.24. The van der Waals surface area contributed by atoms with Gasteiger partial charge in [0, 0.05) is 44.4 Å². The Morgan fingerprint density at radius 1 is 0.292 bits per heavy atom. The van der Waals surface area contributed by atoms with Crippen molar-refractivity contribution >= 4 is 71.2 Å². The van der Waals surface area contributed by atoms with E-state index in [9.17, 15) is 0 Å². The molecule has 16 aromatic rings. The molecule has 13 aromatic carbocycles. The van der Waals surface area contributed by atoms with Crippen LogP contribution in [0.15, 0.2) is 288 Å². The summed E-state index contributed by atoms with van der Waals surface area (Å²) in [5, 5.41) is 9.69. The molecule has 0 saturated heterocycles. The molecule has 0 atom stereocenters. The first-order valence-electron chi connectivity index (χ1n) is 30.9. The number of hydrogen-bond acceptors (Lipinski definition) is 3. The molecule has 18 rings (SSSR count). The third kappa shape index (κ3) is 7.60. The summed E-state index contributed by atoms with van der Waals surface area (Å²) in [6.07, 6.45) is 0. The third-order valence-electron chi connectivity index (χ3n) is 19.1. The number of nitrogens with zero attached hydrogens (tertiary/aromatic N) is 2. The Hall–Kier alpha value is -11.2. The molecule has 4 heteroatoms. The molecule has 4 nitrogen and oxygen atoms in total. The summed E-state index contributed by atoms with van der Waals surface area (Å²) in [4.78, 5) is 2.58. The van der Waals surface area contributed by atoms with E-state index in [4.69, 9.17) is 8.83 Å². The molecule has 4 heterocycles. The van der Waals surface area contributed by atoms with Crippen LogP contribution in [0, 0.1) is 27.7 Å². The van der Waals surface area contributed by atoms with Crippen molar-refractivity contribution in [3.8, 4) is 73.2 Å². The predicted molar refractivity (Wildman–Crippen MR) is 370 cm³/mol. The normalized spacial score (nSPS) is 13.0. The molecule has 420 valence electrons. The topological polar surface area (TPSA) is 34.5 Å². The highest BCUT2D eigenvalue weighted by atomic mass is 16.4. The summed E-state index contributed by atoms with van der Waals surface area (Å²) >= 11 is 0. The van der Waals surface area contributed by atoms with E-state index in [-0.39, 0.29) is 0 Å². The minimum atomic E-state index is -0.903. The summed E-state index contributed by atoms with van der Waals surface area (Å²) in [5.74, 6) is 3.14. The van der Waals surface area contributed by atoms with Crippen LogP contribution in [0.2, 0.25) is 0 Å². The first kappa shape index (κ1) is 51.1. The van der Waals surface area contributed by atoms with Gasteiger partial charge in [0.15, 0.2) is 11.5 Å². The van der Waals surface area contributed by atoms with Crippen LogP contribution in [0.25, 0.3) is 127 Å². The van der Waals surface area contributed by atoms with Crippen LogP contribution in [-0.4, -0.2) is 4.57 Å². The van der Waals surface area contributed by atoms with E-state index in [0.29, 0.717) is 0 Å². The zero-order valence-electron chi connectivity index (χ0n) is 49.8. The van der Waals surface area contributed by atoms with E-state index >= 15 is 0 Å². The van der Waals surface area contributed by atoms with Gasteiger partial charge in [-0.15, -0.1) is 0 Å². The second kappa shape index (κ2) is 19.4. The first-order chi connectivity index (χ1) is 43.7. The Bertz CT molecular complexity index is 5470. The lowest BCUT2D eigenvalue weighted by Crippen LogP contribution is -2.36. The van der Waals surface area contributed by atoms with Crippen molar-refractivity contribution < 1.29 is 8.83 Å². The number of anilines is 3. The van der Waals surface area contributed by atoms with Gasteiger partial charge in [0.25, 0.3) is 0 Å². The van der Waals surface area contributed by atoms with Crippen molar-refractivity contribution in [1.82, 2.24) is 4.57 Å². The first-order valence-corrected chi connectivity index (χ1v) is 30.9. The fourth-order valence-electron chi connectivity index (χ4n) is 15.6. The Balaban J connectivity index is 0.954. The SMILES string of the molecule is Cc1cc(C)cc(-c2cc3c(o2)-c2oc(-c4cc(C)cc(C)c4)cc2C32c3ccccc3N(c3cccc(-c4cc5c6ccccc6c(-c6ccccc6)cc5c5ccccc45)c3)c3c2ccc2c3c3ccc(-c4ccccc4)cc3n2-c2ccccc2)c1. The maximum absolute atomic E-state index is 7.36. The quantitative estimate of drug-likeness (QED) is 0.149. The highest BCUT2D eigenvalue weighted by Crippen LogP contribution is 2.67. The summed E-state index contributed by atoms with van der Waals surface area (Å²) in [6.45, 7) is 8.66. The van der Waals surface area contributed by atoms with E-state index in [0.717, 1.165) is 112 Å². The van der Waals surface area contributed by atoms with E-state index in [1.54, 1.807) is 0 Å². The summed E-state index contributed by atoms with van der Waals surface area (Å²) in [7, 11) is 0. The molecular formula is C85H58N2O2. The van der Waals surface area contributed by atoms with Crippen LogP contribution in [-0.2, 0) is 5.41 Å². The van der Waals surface area contributed by atoms with Crippen LogP contribution < -0.4 is 4.90 Å². The standard InChI is InChI=1S/C85H58N2O2/c1-51-39-52(2)42-59(41-51)79-49-74-83(88-79)84-75(50-80(89-84)60-43-53(3)40-54(4)44-60)85(74)72-33-18-19-34-76(72)87(82-73(85)37-38-77-81(82)67-36-35-57(55-21-8-5-9-22-55)46-78(67)86(77)61-26-12-7-13-27-61)62-28-20-25-58(45-62)69-48-71-65-31-16-14-29-63(65)68(56-23-10-6-11-24-56)47-70(71)66-32-17-15-30-64(66)69/h5-50H,1-4H3. The van der Waals surface area contributed by atoms with Crippen molar-refractivity contribution in [3.63, 3.8) is 0 Å². The average Bonchev–Trinajstić information content (AvgIpc) is 1.54. The van der Waals surface area contributed by atoms with Gasteiger partial charge in [-0.1, -0.05) is 210 Å². The number of para-hydroxylation sites is 2. The van der Waals surface area contributed by atoms with Crippen LogP contribution in [0.1, 0.15) is 44.5 Å². The lowest BCUT2D eigenvalue weighted by atomic mass is 9.64. The van der Waals surface area contributed by atoms with E-state index in [1.165, 1.54) is 76.8 Å². The molecule has 0 fully saturated rings. The van der Waals surface area contributed by atoms with Crippen LogP contribution in [0.3, 0.4) is 0 Å². The third-order valence-corrected chi connectivity index (χ3v) is 19.1. The lowest BCUT2D eigenvalue weighted by molar-refractivity contribution is 0.540. The number of fused-ring (bicyclic) bond motifs is 18. The molecular weight excluding hydrogens is 1080 g/mol. The lowest BCUT2D eigenvalue weighted by Gasteiger charge is -2.44. The van der Waals surface area contributed by atoms with Crippen molar-refractivity contribution in [2.24, 2.45) is 0 Å². The summed E-state index contributed by atoms with van der Waals surface area (Å²) in [5.41, 5.74) is 24.0. The largest absolute Gasteiger partial charge is 0.452 e. The Labute approximate surface area is 516 Å². The molecule has 0 N–H and O–H groups in total. The highest BCUT2D eigenvalue weighted by Gasteiger charge is 2.56. The molecule has 0 saturated carbocycles. The van der Waals surface area contributed by atoms with Crippen molar-refractivity contribution in [2.75, 3.05) is 4.90 Å². The van der Waals surface area contributed by atoms with Gasteiger partial charge < -0.3 is 18.3 Å². The maximum atomic E-state index is 7.36. The van der Waals surface area contributed by atoms with Gasteiger partial charge in [-0.2, -0.15) is 0 Å². The molecule has 3 aromatic heterocycles. The number of furan rings is 2. The fourth-order valence-corrected chi connectivity index (χ4v) is 15.6. The molecule has 0 radical (unpaired) electrons. The number of aryl methyl sites for hydroxylation is 4. The molecule has 0 bridgehead atoms. The van der Waals surface area contributed by atoms with Gasteiger partial charge in [0.1, 0.15) is 11.5 Å². The summed E-state index contributed by atoms with van der Waals surface area (Å²) in [6, 6.07) is 104. The van der Waals surface area contributed by atoms with E-state index in [1.807, 2.05) is 0 Å². The van der Waals surface area contributed by atoms with Gasteiger partial charge in [-0.05, 0) is 196 Å². The number of rotatable bonds is 7. The molecule has 1 spiro atoms. The Morgan fingerprint density at radius 3 is 1.40 bits per heavy atom. The minimum absolute atomic E-state index is 0.756. The molecule has 2 aliphatic rings. The van der Waals surface area contributed by atoms with Gasteiger partial charge in [0.2, 0.25) is 0 Å². The smallest absolute Gasteiger partial charge is 0.175 e. The second-order valence-electron chi connectivity index (χ2n) is 24.6. The van der Waals surface area contributed by atoms with Crippen LogP contribution in [0.4, 0.5) is 17.1 Å². The molecule has 0 unspecified atom stereocenters. The minimum Gasteiger partial charge on any atom is -0.452 e. The average molecular weight is 1140 g/mol. The van der Waals surface area contributed by atoms with Crippen LogP contribution >= 0.6 is 0 Å². The number of aromatic nitrogens is 1. The predicted octanol–water partition coefficient (Wildman–Crippen LogP) is 23.1. The molecule has 89 heavy (non-hydrogen) atoms. The van der Waals surface area contributed by atoms with Crippen molar-refractivity contribution in [2.45, 2.75) is 33.1 Å². The van der Waals surface area contributed by atoms with Crippen molar-refractivity contribution in [1.29, 1.82) is 0 Å². The zero-order chi connectivity index (χ0) is 59.2. The van der Waals surface area contributed by atoms with Gasteiger partial charge >= 0.3 is 0 Å². The Kier molecular flexibility index (Phi) is 11.1. The van der Waals surface area contributed by atoms with Gasteiger partial charge in [-0.3, -0.25) is 0 Å². The Morgan fingerprint density at radius 2 is 0.798 bits per heavy atom. The molecule has 1 aliphatic heterocycles. The van der Waals surface area contributed by atoms with E-state index < -0.39 is 5.41 Å². The molecule has 1 aliphatic carbocycles. The zero-order valence-corrected chi connectivity index (χ0v) is 49.8. The second-order valence-corrected chi connectivity index (χ2v) is 24.6. The fraction of sp³-hybridized carbons (Fsp3) is 0.0588. The summed E-state index contributed by atoms with van der Waals surface area (Å²) < 4.78 is 17.2. The molecule has 0 amide bonds.